The molecule has 74 valence electrons. The zero-order chi connectivity index (χ0) is 9.84. The van der Waals surface area contributed by atoms with Crippen molar-refractivity contribution >= 4 is 11.8 Å². The van der Waals surface area contributed by atoms with Gasteiger partial charge in [0.2, 0.25) is 5.16 Å². The molecule has 1 aromatic heterocycles. The number of rotatable bonds is 4. The summed E-state index contributed by atoms with van der Waals surface area (Å²) in [6.07, 6.45) is 0.984. The SMILES string of the molecule is Cc1nc(SC(C)CC(C)N)n[nH]1. The quantitative estimate of drug-likeness (QED) is 0.720. The Bertz CT molecular complexity index is 258. The van der Waals surface area contributed by atoms with Crippen LogP contribution in [0.3, 0.4) is 0 Å². The Balaban J connectivity index is 2.40. The van der Waals surface area contributed by atoms with E-state index in [-0.39, 0.29) is 6.04 Å². The summed E-state index contributed by atoms with van der Waals surface area (Å²) in [7, 11) is 0. The van der Waals surface area contributed by atoms with Crippen LogP contribution in [0.25, 0.3) is 0 Å². The third-order valence-electron chi connectivity index (χ3n) is 1.59. The maximum atomic E-state index is 5.69. The lowest BCUT2D eigenvalue weighted by molar-refractivity contribution is 0.661. The minimum atomic E-state index is 0.238. The van der Waals surface area contributed by atoms with Crippen molar-refractivity contribution in [2.24, 2.45) is 5.73 Å². The molecule has 0 aliphatic rings. The smallest absolute Gasteiger partial charge is 0.208 e. The fourth-order valence-electron chi connectivity index (χ4n) is 1.13. The largest absolute Gasteiger partial charge is 0.328 e. The Morgan fingerprint density at radius 2 is 2.23 bits per heavy atom. The molecular weight excluding hydrogens is 184 g/mol. The van der Waals surface area contributed by atoms with E-state index in [0.29, 0.717) is 5.25 Å². The summed E-state index contributed by atoms with van der Waals surface area (Å²) in [5.41, 5.74) is 5.69. The monoisotopic (exact) mass is 200 g/mol. The fourth-order valence-corrected chi connectivity index (χ4v) is 2.17. The van der Waals surface area contributed by atoms with Gasteiger partial charge in [0.05, 0.1) is 0 Å². The average molecular weight is 200 g/mol. The van der Waals surface area contributed by atoms with E-state index >= 15 is 0 Å². The first-order valence-corrected chi connectivity index (χ1v) is 5.27. The van der Waals surface area contributed by atoms with E-state index in [1.165, 1.54) is 0 Å². The number of nitrogens with two attached hydrogens (primary N) is 1. The summed E-state index contributed by atoms with van der Waals surface area (Å²) in [4.78, 5) is 4.21. The Kier molecular flexibility index (Phi) is 3.74. The molecule has 13 heavy (non-hydrogen) atoms. The first-order valence-electron chi connectivity index (χ1n) is 4.39. The van der Waals surface area contributed by atoms with Gasteiger partial charge in [0.1, 0.15) is 5.82 Å². The molecule has 0 aromatic carbocycles. The van der Waals surface area contributed by atoms with Crippen molar-refractivity contribution in [2.75, 3.05) is 0 Å². The summed E-state index contributed by atoms with van der Waals surface area (Å²) >= 11 is 1.66. The number of thioether (sulfide) groups is 1. The second kappa shape index (κ2) is 4.62. The number of nitrogens with one attached hydrogen (secondary N) is 1. The van der Waals surface area contributed by atoms with Crippen molar-refractivity contribution in [2.45, 2.75) is 43.6 Å². The Hall–Kier alpha value is -0.550. The van der Waals surface area contributed by atoms with Crippen LogP contribution in [-0.2, 0) is 0 Å². The molecule has 1 heterocycles. The molecule has 4 nitrogen and oxygen atoms in total. The lowest BCUT2D eigenvalue weighted by Gasteiger charge is -2.10. The first kappa shape index (κ1) is 10.5. The second-order valence-corrected chi connectivity index (χ2v) is 4.75. The Morgan fingerprint density at radius 1 is 1.54 bits per heavy atom. The molecule has 0 spiro atoms. The number of aromatic amines is 1. The summed E-state index contributed by atoms with van der Waals surface area (Å²) in [6.45, 7) is 6.05. The zero-order valence-electron chi connectivity index (χ0n) is 8.24. The van der Waals surface area contributed by atoms with Gasteiger partial charge in [-0.2, -0.15) is 0 Å². The van der Waals surface area contributed by atoms with Crippen molar-refractivity contribution in [1.29, 1.82) is 0 Å². The molecule has 0 aliphatic carbocycles. The number of hydrogen-bond donors (Lipinski definition) is 2. The molecule has 2 atom stereocenters. The number of aryl methyl sites for hydroxylation is 1. The van der Waals surface area contributed by atoms with Crippen molar-refractivity contribution in [1.82, 2.24) is 15.2 Å². The van der Waals surface area contributed by atoms with Gasteiger partial charge in [-0.05, 0) is 20.3 Å². The Labute approximate surface area is 82.7 Å². The van der Waals surface area contributed by atoms with Gasteiger partial charge in [0, 0.05) is 11.3 Å². The van der Waals surface area contributed by atoms with Crippen LogP contribution in [0.1, 0.15) is 26.1 Å². The molecule has 0 amide bonds. The Morgan fingerprint density at radius 3 is 2.69 bits per heavy atom. The molecule has 5 heteroatoms. The predicted molar refractivity (Wildman–Crippen MR) is 54.7 cm³/mol. The van der Waals surface area contributed by atoms with Gasteiger partial charge in [0.15, 0.2) is 0 Å². The highest BCUT2D eigenvalue weighted by Crippen LogP contribution is 2.21. The molecule has 3 N–H and O–H groups in total. The van der Waals surface area contributed by atoms with Crippen LogP contribution in [0.2, 0.25) is 0 Å². The van der Waals surface area contributed by atoms with E-state index < -0.39 is 0 Å². The van der Waals surface area contributed by atoms with Gasteiger partial charge >= 0.3 is 0 Å². The lowest BCUT2D eigenvalue weighted by Crippen LogP contribution is -2.19. The van der Waals surface area contributed by atoms with Crippen molar-refractivity contribution in [3.63, 3.8) is 0 Å². The summed E-state index contributed by atoms with van der Waals surface area (Å²) in [6, 6.07) is 0.238. The zero-order valence-corrected chi connectivity index (χ0v) is 9.06. The molecule has 1 aromatic rings. The summed E-state index contributed by atoms with van der Waals surface area (Å²) in [5.74, 6) is 0.857. The van der Waals surface area contributed by atoms with E-state index in [1.54, 1.807) is 11.8 Å². The van der Waals surface area contributed by atoms with Gasteiger partial charge in [-0.1, -0.05) is 18.7 Å². The topological polar surface area (TPSA) is 67.6 Å². The minimum Gasteiger partial charge on any atom is -0.328 e. The van der Waals surface area contributed by atoms with Crippen LogP contribution in [-0.4, -0.2) is 26.5 Å². The number of aromatic nitrogens is 3. The van der Waals surface area contributed by atoms with Gasteiger partial charge in [-0.15, -0.1) is 5.10 Å². The standard InChI is InChI=1S/C8H16N4S/c1-5(9)4-6(2)13-8-10-7(3)11-12-8/h5-6H,4,9H2,1-3H3,(H,10,11,12). The van der Waals surface area contributed by atoms with Crippen molar-refractivity contribution in [3.05, 3.63) is 5.82 Å². The summed E-state index contributed by atoms with van der Waals surface area (Å²) in [5, 5.41) is 8.14. The predicted octanol–water partition coefficient (Wildman–Crippen LogP) is 1.33. The van der Waals surface area contributed by atoms with E-state index in [1.807, 2.05) is 13.8 Å². The van der Waals surface area contributed by atoms with Crippen LogP contribution in [0.5, 0.6) is 0 Å². The van der Waals surface area contributed by atoms with E-state index in [2.05, 4.69) is 22.1 Å². The van der Waals surface area contributed by atoms with Crippen LogP contribution >= 0.6 is 11.8 Å². The third kappa shape index (κ3) is 3.78. The average Bonchev–Trinajstić information content (AvgIpc) is 2.33. The second-order valence-electron chi connectivity index (χ2n) is 3.34. The van der Waals surface area contributed by atoms with Gasteiger partial charge in [-0.25, -0.2) is 4.98 Å². The van der Waals surface area contributed by atoms with Crippen LogP contribution in [0, 0.1) is 6.92 Å². The van der Waals surface area contributed by atoms with Crippen molar-refractivity contribution < 1.29 is 0 Å². The normalized spacial score (nSPS) is 15.7. The molecular formula is C8H16N4S. The first-order chi connectivity index (χ1) is 6.08. The highest BCUT2D eigenvalue weighted by Gasteiger charge is 2.09. The van der Waals surface area contributed by atoms with E-state index in [0.717, 1.165) is 17.4 Å². The van der Waals surface area contributed by atoms with Gasteiger partial charge in [0.25, 0.3) is 0 Å². The van der Waals surface area contributed by atoms with Crippen LogP contribution in [0.15, 0.2) is 5.16 Å². The molecule has 0 aliphatic heterocycles. The minimum absolute atomic E-state index is 0.238. The molecule has 2 unspecified atom stereocenters. The fraction of sp³-hybridized carbons (Fsp3) is 0.750. The van der Waals surface area contributed by atoms with Crippen LogP contribution in [0.4, 0.5) is 0 Å². The maximum Gasteiger partial charge on any atom is 0.208 e. The molecule has 0 saturated heterocycles. The van der Waals surface area contributed by atoms with Gasteiger partial charge in [-0.3, -0.25) is 5.10 Å². The molecule has 0 fully saturated rings. The molecule has 0 bridgehead atoms. The van der Waals surface area contributed by atoms with Crippen molar-refractivity contribution in [3.8, 4) is 0 Å². The number of H-pyrrole nitrogens is 1. The summed E-state index contributed by atoms with van der Waals surface area (Å²) < 4.78 is 0. The number of hydrogen-bond acceptors (Lipinski definition) is 4. The van der Waals surface area contributed by atoms with Gasteiger partial charge < -0.3 is 5.73 Å². The molecule has 1 rings (SSSR count). The van der Waals surface area contributed by atoms with E-state index in [4.69, 9.17) is 5.73 Å². The highest BCUT2D eigenvalue weighted by atomic mass is 32.2. The highest BCUT2D eigenvalue weighted by molar-refractivity contribution is 7.99. The van der Waals surface area contributed by atoms with E-state index in [9.17, 15) is 0 Å². The lowest BCUT2D eigenvalue weighted by atomic mass is 10.2. The maximum absolute atomic E-state index is 5.69. The third-order valence-corrected chi connectivity index (χ3v) is 2.58. The molecule has 0 radical (unpaired) electrons. The number of nitrogens with zero attached hydrogens (tertiary/aromatic N) is 2. The van der Waals surface area contributed by atoms with Crippen LogP contribution < -0.4 is 5.73 Å². The molecule has 0 saturated carbocycles.